The maximum Gasteiger partial charge on any atom is 0.0522 e. The van der Waals surface area contributed by atoms with Crippen molar-refractivity contribution in [2.45, 2.75) is 17.5 Å². The number of nitrogens with zero attached hydrogens (tertiary/aromatic N) is 1. The molecule has 1 aromatic carbocycles. The Labute approximate surface area is 119 Å². The van der Waals surface area contributed by atoms with Gasteiger partial charge in [0.1, 0.15) is 0 Å². The summed E-state index contributed by atoms with van der Waals surface area (Å²) in [5.41, 5.74) is 7.54. The van der Waals surface area contributed by atoms with Crippen LogP contribution in [0.25, 0.3) is 0 Å². The fourth-order valence-corrected chi connectivity index (χ4v) is 3.85. The van der Waals surface area contributed by atoms with Crippen molar-refractivity contribution >= 4 is 23.5 Å². The van der Waals surface area contributed by atoms with Gasteiger partial charge in [0.15, 0.2) is 0 Å². The zero-order valence-electron chi connectivity index (χ0n) is 10.8. The molecule has 0 bridgehead atoms. The van der Waals surface area contributed by atoms with Crippen molar-refractivity contribution in [2.24, 2.45) is 5.73 Å². The quantitative estimate of drug-likeness (QED) is 0.812. The molecule has 0 radical (unpaired) electrons. The summed E-state index contributed by atoms with van der Waals surface area (Å²) in [6.45, 7) is 3.63. The molecule has 0 saturated carbocycles. The Bertz CT molecular complexity index is 326. The number of hydrogen-bond acceptors (Lipinski definition) is 4. The summed E-state index contributed by atoms with van der Waals surface area (Å²) < 4.78 is 0. The minimum Gasteiger partial charge on any atom is -0.319 e. The summed E-state index contributed by atoms with van der Waals surface area (Å²) in [7, 11) is 0. The molecular weight excluding hydrogens is 260 g/mol. The molecule has 1 aliphatic rings. The summed E-state index contributed by atoms with van der Waals surface area (Å²) in [6, 6.07) is 10.6. The van der Waals surface area contributed by atoms with Crippen LogP contribution >= 0.6 is 23.5 Å². The zero-order chi connectivity index (χ0) is 12.6. The summed E-state index contributed by atoms with van der Waals surface area (Å²) in [6.07, 6.45) is 1.10. The summed E-state index contributed by atoms with van der Waals surface area (Å²) >= 11 is 3.93. The molecule has 2 nitrogen and oxygen atoms in total. The number of benzene rings is 1. The second-order valence-corrected chi connectivity index (χ2v) is 7.03. The highest BCUT2D eigenvalue weighted by Gasteiger charge is 2.12. The number of thioether (sulfide) groups is 2. The molecule has 1 heterocycles. The molecule has 1 fully saturated rings. The van der Waals surface area contributed by atoms with Crippen molar-refractivity contribution in [1.29, 1.82) is 0 Å². The van der Waals surface area contributed by atoms with Gasteiger partial charge in [0.2, 0.25) is 0 Å². The average Bonchev–Trinajstić information content (AvgIpc) is 2.45. The molecular formula is C14H22N2S2. The van der Waals surface area contributed by atoms with Gasteiger partial charge in [0.25, 0.3) is 0 Å². The molecule has 18 heavy (non-hydrogen) atoms. The third-order valence-electron chi connectivity index (χ3n) is 3.14. The Morgan fingerprint density at radius 2 is 1.94 bits per heavy atom. The lowest BCUT2D eigenvalue weighted by atomic mass is 10.2. The number of nitrogens with two attached hydrogens (primary N) is 1. The first-order chi connectivity index (χ1) is 8.84. The highest BCUT2D eigenvalue weighted by Crippen LogP contribution is 2.17. The highest BCUT2D eigenvalue weighted by atomic mass is 32.2. The Hall–Kier alpha value is -0.160. The van der Waals surface area contributed by atoms with Crippen LogP contribution in [0.3, 0.4) is 0 Å². The van der Waals surface area contributed by atoms with Gasteiger partial charge in [0, 0.05) is 36.9 Å². The largest absolute Gasteiger partial charge is 0.319 e. The minimum absolute atomic E-state index is 0.264. The van der Waals surface area contributed by atoms with E-state index >= 15 is 0 Å². The fourth-order valence-electron chi connectivity index (χ4n) is 2.00. The first-order valence-corrected chi connectivity index (χ1v) is 8.76. The molecule has 2 rings (SSSR count). The van der Waals surface area contributed by atoms with Crippen molar-refractivity contribution in [3.8, 4) is 0 Å². The maximum absolute atomic E-state index is 6.17. The summed E-state index contributed by atoms with van der Waals surface area (Å²) in [4.78, 5) is 2.54. The lowest BCUT2D eigenvalue weighted by Crippen LogP contribution is -2.35. The molecule has 1 saturated heterocycles. The first-order valence-electron chi connectivity index (χ1n) is 6.56. The Morgan fingerprint density at radius 3 is 2.67 bits per heavy atom. The smallest absolute Gasteiger partial charge is 0.0522 e. The van der Waals surface area contributed by atoms with E-state index in [9.17, 15) is 0 Å². The van der Waals surface area contributed by atoms with E-state index in [1.807, 2.05) is 11.8 Å². The van der Waals surface area contributed by atoms with Gasteiger partial charge in [-0.2, -0.15) is 11.8 Å². The van der Waals surface area contributed by atoms with Crippen molar-refractivity contribution in [1.82, 2.24) is 4.90 Å². The second-order valence-electron chi connectivity index (χ2n) is 4.58. The molecule has 1 atom stereocenters. The van der Waals surface area contributed by atoms with Gasteiger partial charge < -0.3 is 10.6 Å². The van der Waals surface area contributed by atoms with Crippen LogP contribution in [0.15, 0.2) is 30.3 Å². The van der Waals surface area contributed by atoms with Gasteiger partial charge in [-0.15, -0.1) is 11.8 Å². The van der Waals surface area contributed by atoms with Crippen molar-refractivity contribution in [3.05, 3.63) is 35.9 Å². The van der Waals surface area contributed by atoms with Crippen LogP contribution < -0.4 is 5.73 Å². The predicted molar refractivity (Wildman–Crippen MR) is 84.1 cm³/mol. The third kappa shape index (κ3) is 5.22. The Morgan fingerprint density at radius 1 is 1.22 bits per heavy atom. The summed E-state index contributed by atoms with van der Waals surface area (Å²) in [5, 5.41) is 0.264. The molecule has 0 spiro atoms. The van der Waals surface area contributed by atoms with Crippen LogP contribution in [0.2, 0.25) is 0 Å². The van der Waals surface area contributed by atoms with E-state index < -0.39 is 0 Å². The van der Waals surface area contributed by atoms with Gasteiger partial charge in [-0.3, -0.25) is 0 Å². The monoisotopic (exact) mass is 282 g/mol. The van der Waals surface area contributed by atoms with Crippen molar-refractivity contribution in [3.63, 3.8) is 0 Å². The van der Waals surface area contributed by atoms with Crippen LogP contribution in [0, 0.1) is 0 Å². The van der Waals surface area contributed by atoms with Gasteiger partial charge in [-0.1, -0.05) is 30.3 Å². The lowest BCUT2D eigenvalue weighted by molar-refractivity contribution is 0.298. The first kappa shape index (κ1) is 14.3. The molecule has 0 amide bonds. The van der Waals surface area contributed by atoms with Gasteiger partial charge in [-0.25, -0.2) is 0 Å². The topological polar surface area (TPSA) is 29.3 Å². The standard InChI is InChI=1S/C14H22N2S2/c15-14(6-7-16-8-10-17-11-9-16)18-12-13-4-2-1-3-5-13/h1-5,14H,6-12,15H2. The highest BCUT2D eigenvalue weighted by molar-refractivity contribution is 7.99. The van der Waals surface area contributed by atoms with Crippen LogP contribution in [0.5, 0.6) is 0 Å². The molecule has 1 unspecified atom stereocenters. The van der Waals surface area contributed by atoms with Crippen molar-refractivity contribution < 1.29 is 0 Å². The van der Waals surface area contributed by atoms with Gasteiger partial charge in [0.05, 0.1) is 5.37 Å². The zero-order valence-corrected chi connectivity index (χ0v) is 12.4. The normalized spacial score (nSPS) is 18.7. The summed E-state index contributed by atoms with van der Waals surface area (Å²) in [5.74, 6) is 3.59. The van der Waals surface area contributed by atoms with Crippen LogP contribution in [0.4, 0.5) is 0 Å². The maximum atomic E-state index is 6.17. The van der Waals surface area contributed by atoms with Crippen LogP contribution in [-0.4, -0.2) is 41.4 Å². The van der Waals surface area contributed by atoms with E-state index in [2.05, 4.69) is 47.0 Å². The molecule has 2 N–H and O–H groups in total. The lowest BCUT2D eigenvalue weighted by Gasteiger charge is -2.27. The van der Waals surface area contributed by atoms with E-state index in [1.54, 1.807) is 0 Å². The van der Waals surface area contributed by atoms with Gasteiger partial charge >= 0.3 is 0 Å². The molecule has 0 aliphatic carbocycles. The molecule has 1 aromatic rings. The minimum atomic E-state index is 0.264. The van der Waals surface area contributed by atoms with E-state index in [0.717, 1.165) is 18.7 Å². The Balaban J connectivity index is 1.61. The predicted octanol–water partition coefficient (Wildman–Crippen LogP) is 2.64. The van der Waals surface area contributed by atoms with E-state index in [4.69, 9.17) is 5.73 Å². The average molecular weight is 282 g/mol. The SMILES string of the molecule is NC(CCN1CCSCC1)SCc1ccccc1. The second kappa shape index (κ2) is 8.10. The fraction of sp³-hybridized carbons (Fsp3) is 0.571. The van der Waals surface area contributed by atoms with E-state index in [0.29, 0.717) is 0 Å². The molecule has 0 aromatic heterocycles. The molecule has 100 valence electrons. The Kier molecular flexibility index (Phi) is 6.41. The van der Waals surface area contributed by atoms with E-state index in [-0.39, 0.29) is 5.37 Å². The number of rotatable bonds is 6. The molecule has 1 aliphatic heterocycles. The van der Waals surface area contributed by atoms with Crippen LogP contribution in [0.1, 0.15) is 12.0 Å². The van der Waals surface area contributed by atoms with E-state index in [1.165, 1.54) is 30.2 Å². The number of hydrogen-bond donors (Lipinski definition) is 1. The molecule has 4 heteroatoms. The van der Waals surface area contributed by atoms with Crippen LogP contribution in [-0.2, 0) is 5.75 Å². The van der Waals surface area contributed by atoms with Gasteiger partial charge in [-0.05, 0) is 12.0 Å². The third-order valence-corrected chi connectivity index (χ3v) is 5.25. The van der Waals surface area contributed by atoms with Crippen molar-refractivity contribution in [2.75, 3.05) is 31.1 Å².